The first-order valence-electron chi connectivity index (χ1n) is 6.64. The molecule has 1 spiro atoms. The zero-order chi connectivity index (χ0) is 13.0. The van der Waals surface area contributed by atoms with Crippen molar-refractivity contribution in [3.8, 4) is 0 Å². The van der Waals surface area contributed by atoms with Gasteiger partial charge in [0.1, 0.15) is 0 Å². The number of carbonyl (C=O) groups is 1. The van der Waals surface area contributed by atoms with E-state index >= 15 is 0 Å². The number of nitrogens with zero attached hydrogens (tertiary/aromatic N) is 1. The molecule has 5 heteroatoms. The monoisotopic (exact) mass is 273 g/mol. The predicted octanol–water partition coefficient (Wildman–Crippen LogP) is 1.54. The molecule has 0 aromatic carbocycles. The summed E-state index contributed by atoms with van der Waals surface area (Å²) in [5, 5.41) is 0. The van der Waals surface area contributed by atoms with Gasteiger partial charge in [0.25, 0.3) is 0 Å². The van der Waals surface area contributed by atoms with Crippen molar-refractivity contribution in [3.05, 3.63) is 0 Å². The lowest BCUT2D eigenvalue weighted by Gasteiger charge is -2.45. The Bertz CT molecular complexity index is 286. The Morgan fingerprint density at radius 2 is 2.22 bits per heavy atom. The topological polar surface area (TPSA) is 38.8 Å². The molecule has 2 rings (SSSR count). The fourth-order valence-electron chi connectivity index (χ4n) is 2.87. The molecule has 0 bridgehead atoms. The Hall–Kier alpha value is -0.260. The highest BCUT2D eigenvalue weighted by atomic mass is 32.2. The van der Waals surface area contributed by atoms with E-state index in [4.69, 9.17) is 9.47 Å². The summed E-state index contributed by atoms with van der Waals surface area (Å²) in [7, 11) is 3.46. The standard InChI is InChI=1S/C13H23NO3S/c1-14(10-12(15)16-2)11-3-6-17-13(9-11)4-7-18-8-5-13/h11H,3-10H2,1-2H3. The van der Waals surface area contributed by atoms with Gasteiger partial charge >= 0.3 is 5.97 Å². The van der Waals surface area contributed by atoms with E-state index in [2.05, 4.69) is 4.90 Å². The van der Waals surface area contributed by atoms with E-state index in [0.717, 1.165) is 32.3 Å². The van der Waals surface area contributed by atoms with Crippen LogP contribution in [0.3, 0.4) is 0 Å². The first-order valence-corrected chi connectivity index (χ1v) is 7.79. The number of hydrogen-bond donors (Lipinski definition) is 0. The molecular weight excluding hydrogens is 250 g/mol. The molecule has 2 aliphatic heterocycles. The van der Waals surface area contributed by atoms with Crippen LogP contribution in [0.1, 0.15) is 25.7 Å². The maximum atomic E-state index is 11.3. The van der Waals surface area contributed by atoms with E-state index in [1.54, 1.807) is 0 Å². The lowest BCUT2D eigenvalue weighted by molar-refractivity contribution is -0.145. The number of methoxy groups -OCH3 is 1. The Balaban J connectivity index is 1.91. The van der Waals surface area contributed by atoms with E-state index < -0.39 is 0 Å². The van der Waals surface area contributed by atoms with Crippen LogP contribution in [0.2, 0.25) is 0 Å². The largest absolute Gasteiger partial charge is 0.468 e. The Labute approximate surface area is 113 Å². The molecule has 1 atom stereocenters. The quantitative estimate of drug-likeness (QED) is 0.729. The molecular formula is C13H23NO3S. The van der Waals surface area contributed by atoms with Crippen LogP contribution in [0, 0.1) is 0 Å². The van der Waals surface area contributed by atoms with Gasteiger partial charge in [-0.1, -0.05) is 0 Å². The van der Waals surface area contributed by atoms with Gasteiger partial charge in [0.05, 0.1) is 19.3 Å². The third-order valence-electron chi connectivity index (χ3n) is 4.10. The predicted molar refractivity (Wildman–Crippen MR) is 72.9 cm³/mol. The lowest BCUT2D eigenvalue weighted by Crippen LogP contribution is -2.50. The fraction of sp³-hybridized carbons (Fsp3) is 0.923. The van der Waals surface area contributed by atoms with E-state index in [9.17, 15) is 4.79 Å². The zero-order valence-corrected chi connectivity index (χ0v) is 12.1. The van der Waals surface area contributed by atoms with Gasteiger partial charge in [-0.25, -0.2) is 0 Å². The number of thioether (sulfide) groups is 1. The maximum absolute atomic E-state index is 11.3. The molecule has 2 saturated heterocycles. The van der Waals surface area contributed by atoms with E-state index in [1.165, 1.54) is 18.6 Å². The maximum Gasteiger partial charge on any atom is 0.319 e. The van der Waals surface area contributed by atoms with Crippen molar-refractivity contribution in [2.75, 3.05) is 38.8 Å². The average Bonchev–Trinajstić information content (AvgIpc) is 2.39. The first-order chi connectivity index (χ1) is 8.65. The van der Waals surface area contributed by atoms with Crippen molar-refractivity contribution in [3.63, 3.8) is 0 Å². The molecule has 2 aliphatic rings. The smallest absolute Gasteiger partial charge is 0.319 e. The van der Waals surface area contributed by atoms with Crippen molar-refractivity contribution in [2.45, 2.75) is 37.3 Å². The molecule has 0 aliphatic carbocycles. The number of likely N-dealkylation sites (N-methyl/N-ethyl adjacent to an activating group) is 1. The second-order valence-electron chi connectivity index (χ2n) is 5.28. The summed E-state index contributed by atoms with van der Waals surface area (Å²) in [6.07, 6.45) is 4.38. The summed E-state index contributed by atoms with van der Waals surface area (Å²) < 4.78 is 10.8. The van der Waals surface area contributed by atoms with Crippen LogP contribution < -0.4 is 0 Å². The normalized spacial score (nSPS) is 27.4. The number of hydrogen-bond acceptors (Lipinski definition) is 5. The molecule has 1 unspecified atom stereocenters. The molecule has 0 saturated carbocycles. The second kappa shape index (κ2) is 6.26. The summed E-state index contributed by atoms with van der Waals surface area (Å²) in [5.74, 6) is 2.25. The fourth-order valence-corrected chi connectivity index (χ4v) is 4.10. The highest BCUT2D eigenvalue weighted by Gasteiger charge is 2.40. The van der Waals surface area contributed by atoms with Crippen LogP contribution in [-0.4, -0.2) is 61.3 Å². The Kier molecular flexibility index (Phi) is 4.92. The minimum atomic E-state index is -0.155. The van der Waals surface area contributed by atoms with Crippen LogP contribution in [0.5, 0.6) is 0 Å². The molecule has 0 aromatic rings. The minimum absolute atomic E-state index is 0.0819. The van der Waals surface area contributed by atoms with Gasteiger partial charge in [0, 0.05) is 12.6 Å². The van der Waals surface area contributed by atoms with Crippen LogP contribution >= 0.6 is 11.8 Å². The van der Waals surface area contributed by atoms with Gasteiger partial charge in [-0.2, -0.15) is 11.8 Å². The molecule has 4 nitrogen and oxygen atoms in total. The number of esters is 1. The van der Waals surface area contributed by atoms with Gasteiger partial charge in [-0.05, 0) is 44.2 Å². The third-order valence-corrected chi connectivity index (χ3v) is 5.09. The Morgan fingerprint density at radius 1 is 1.50 bits per heavy atom. The van der Waals surface area contributed by atoms with E-state index in [1.807, 2.05) is 18.8 Å². The molecule has 2 heterocycles. The summed E-state index contributed by atoms with van der Waals surface area (Å²) in [6.45, 7) is 1.20. The van der Waals surface area contributed by atoms with Crippen LogP contribution in [0.15, 0.2) is 0 Å². The van der Waals surface area contributed by atoms with Crippen molar-refractivity contribution < 1.29 is 14.3 Å². The molecule has 0 radical (unpaired) electrons. The Morgan fingerprint density at radius 3 is 2.89 bits per heavy atom. The number of ether oxygens (including phenoxy) is 2. The van der Waals surface area contributed by atoms with Gasteiger partial charge in [0.2, 0.25) is 0 Å². The molecule has 0 aromatic heterocycles. The SMILES string of the molecule is COC(=O)CN(C)C1CCOC2(CCSCC2)C1. The first kappa shape index (κ1) is 14.2. The van der Waals surface area contributed by atoms with Crippen molar-refractivity contribution in [1.29, 1.82) is 0 Å². The summed E-state index contributed by atoms with van der Waals surface area (Å²) >= 11 is 2.02. The van der Waals surface area contributed by atoms with Gasteiger partial charge in [-0.3, -0.25) is 9.69 Å². The molecule has 0 N–H and O–H groups in total. The van der Waals surface area contributed by atoms with Crippen LogP contribution in [-0.2, 0) is 14.3 Å². The zero-order valence-electron chi connectivity index (χ0n) is 11.3. The highest BCUT2D eigenvalue weighted by Crippen LogP contribution is 2.38. The number of carbonyl (C=O) groups excluding carboxylic acids is 1. The van der Waals surface area contributed by atoms with Gasteiger partial charge in [-0.15, -0.1) is 0 Å². The summed E-state index contributed by atoms with van der Waals surface area (Å²) in [4.78, 5) is 13.5. The third kappa shape index (κ3) is 3.39. The number of rotatable bonds is 3. The molecule has 104 valence electrons. The van der Waals surface area contributed by atoms with Gasteiger partial charge < -0.3 is 9.47 Å². The lowest BCUT2D eigenvalue weighted by atomic mass is 9.85. The summed E-state index contributed by atoms with van der Waals surface area (Å²) in [6, 6.07) is 0.445. The molecule has 2 fully saturated rings. The van der Waals surface area contributed by atoms with Gasteiger partial charge in [0.15, 0.2) is 0 Å². The average molecular weight is 273 g/mol. The molecule has 18 heavy (non-hydrogen) atoms. The van der Waals surface area contributed by atoms with Crippen molar-refractivity contribution >= 4 is 17.7 Å². The second-order valence-corrected chi connectivity index (χ2v) is 6.51. The van der Waals surface area contributed by atoms with Crippen LogP contribution in [0.4, 0.5) is 0 Å². The molecule has 0 amide bonds. The highest BCUT2D eigenvalue weighted by molar-refractivity contribution is 7.99. The summed E-state index contributed by atoms with van der Waals surface area (Å²) in [5.41, 5.74) is 0.0819. The van der Waals surface area contributed by atoms with Crippen molar-refractivity contribution in [2.24, 2.45) is 0 Å². The van der Waals surface area contributed by atoms with Crippen molar-refractivity contribution in [1.82, 2.24) is 4.90 Å². The minimum Gasteiger partial charge on any atom is -0.468 e. The van der Waals surface area contributed by atoms with Crippen LogP contribution in [0.25, 0.3) is 0 Å². The van der Waals surface area contributed by atoms with E-state index in [0.29, 0.717) is 12.6 Å². The van der Waals surface area contributed by atoms with E-state index in [-0.39, 0.29) is 11.6 Å².